The third kappa shape index (κ3) is 2.60. The monoisotopic (exact) mass is 278 g/mol. The molecule has 1 aromatic carbocycles. The Morgan fingerprint density at radius 1 is 1.24 bits per heavy atom. The zero-order valence-corrected chi connectivity index (χ0v) is 11.2. The van der Waals surface area contributed by atoms with Gasteiger partial charge in [-0.25, -0.2) is 9.78 Å². The van der Waals surface area contributed by atoms with E-state index in [-0.39, 0.29) is 5.69 Å². The molecule has 0 aliphatic carbocycles. The Labute approximate surface area is 120 Å². The first kappa shape index (κ1) is 12.9. The average molecular weight is 278 g/mol. The van der Waals surface area contributed by atoms with Crippen molar-refractivity contribution < 1.29 is 9.15 Å². The van der Waals surface area contributed by atoms with Crippen molar-refractivity contribution in [3.05, 3.63) is 64.1 Å². The van der Waals surface area contributed by atoms with Crippen LogP contribution >= 0.6 is 0 Å². The highest BCUT2D eigenvalue weighted by molar-refractivity contribution is 5.81. The number of ether oxygens (including phenoxy) is 1. The van der Waals surface area contributed by atoms with Crippen molar-refractivity contribution in [1.82, 2.24) is 4.98 Å². The summed E-state index contributed by atoms with van der Waals surface area (Å²) in [5.74, 6) is 0.794. The second-order valence-corrected chi connectivity index (χ2v) is 4.48. The number of hydrogen-bond donors (Lipinski definition) is 0. The summed E-state index contributed by atoms with van der Waals surface area (Å²) in [5, 5.41) is 9.66. The predicted octanol–water partition coefficient (Wildman–Crippen LogP) is 3.16. The highest BCUT2D eigenvalue weighted by Crippen LogP contribution is 2.25. The van der Waals surface area contributed by atoms with Crippen molar-refractivity contribution in [2.75, 3.05) is 0 Å². The topological polar surface area (TPSA) is 76.1 Å². The van der Waals surface area contributed by atoms with Gasteiger partial charge in [0, 0.05) is 23.6 Å². The number of hydrogen-bond acceptors (Lipinski definition) is 5. The van der Waals surface area contributed by atoms with Crippen molar-refractivity contribution in [1.29, 1.82) is 5.26 Å². The van der Waals surface area contributed by atoms with Crippen molar-refractivity contribution in [2.45, 2.75) is 6.92 Å². The van der Waals surface area contributed by atoms with E-state index in [1.165, 1.54) is 6.07 Å². The van der Waals surface area contributed by atoms with Gasteiger partial charge in [0.2, 0.25) is 5.88 Å². The molecule has 0 atom stereocenters. The van der Waals surface area contributed by atoms with Crippen LogP contribution in [0, 0.1) is 18.3 Å². The van der Waals surface area contributed by atoms with Gasteiger partial charge in [0.25, 0.3) is 0 Å². The molecule has 0 fully saturated rings. The van der Waals surface area contributed by atoms with E-state index in [2.05, 4.69) is 4.98 Å². The minimum absolute atomic E-state index is 0.274. The van der Waals surface area contributed by atoms with Crippen LogP contribution in [0.25, 0.3) is 11.0 Å². The van der Waals surface area contributed by atoms with Crippen LogP contribution in [0.4, 0.5) is 0 Å². The number of nitrogens with zero attached hydrogens (tertiary/aromatic N) is 2. The van der Waals surface area contributed by atoms with Crippen molar-refractivity contribution in [3.8, 4) is 17.7 Å². The maximum atomic E-state index is 11.4. The summed E-state index contributed by atoms with van der Waals surface area (Å²) in [6.45, 7) is 1.84. The van der Waals surface area contributed by atoms with Gasteiger partial charge in [-0.1, -0.05) is 6.07 Å². The number of nitriles is 1. The summed E-state index contributed by atoms with van der Waals surface area (Å²) < 4.78 is 10.7. The van der Waals surface area contributed by atoms with E-state index in [4.69, 9.17) is 14.4 Å². The zero-order chi connectivity index (χ0) is 14.8. The molecular weight excluding hydrogens is 268 g/mol. The van der Waals surface area contributed by atoms with Gasteiger partial charge in [-0.2, -0.15) is 5.26 Å². The van der Waals surface area contributed by atoms with Crippen LogP contribution in [0.2, 0.25) is 0 Å². The molecule has 0 radical (unpaired) electrons. The Kier molecular flexibility index (Phi) is 3.13. The quantitative estimate of drug-likeness (QED) is 0.673. The predicted molar refractivity (Wildman–Crippen MR) is 76.2 cm³/mol. The lowest BCUT2D eigenvalue weighted by atomic mass is 10.1. The second kappa shape index (κ2) is 5.10. The maximum absolute atomic E-state index is 11.4. The highest BCUT2D eigenvalue weighted by Gasteiger charge is 2.06. The van der Waals surface area contributed by atoms with Gasteiger partial charge in [0.1, 0.15) is 23.1 Å². The minimum atomic E-state index is -0.401. The lowest BCUT2D eigenvalue weighted by Crippen LogP contribution is -1.98. The van der Waals surface area contributed by atoms with Gasteiger partial charge in [-0.3, -0.25) is 0 Å². The number of pyridine rings is 1. The smallest absolute Gasteiger partial charge is 0.336 e. The molecule has 2 heterocycles. The second-order valence-electron chi connectivity index (χ2n) is 4.48. The molecule has 102 valence electrons. The highest BCUT2D eigenvalue weighted by atomic mass is 16.5. The SMILES string of the molecule is Cc1cc(=O)oc2cc(Oc3cccc(C#N)n3)ccc12. The molecule has 0 unspecified atom stereocenters. The van der Waals surface area contributed by atoms with Gasteiger partial charge in [-0.15, -0.1) is 0 Å². The summed E-state index contributed by atoms with van der Waals surface area (Å²) >= 11 is 0. The average Bonchev–Trinajstić information content (AvgIpc) is 2.47. The van der Waals surface area contributed by atoms with E-state index in [0.29, 0.717) is 17.2 Å². The number of aromatic nitrogens is 1. The van der Waals surface area contributed by atoms with Crippen LogP contribution in [0.3, 0.4) is 0 Å². The van der Waals surface area contributed by atoms with Crippen LogP contribution < -0.4 is 10.4 Å². The standard InChI is InChI=1S/C16H10N2O3/c1-10-7-16(19)21-14-8-12(5-6-13(10)14)20-15-4-2-3-11(9-17)18-15/h2-8H,1H3. The lowest BCUT2D eigenvalue weighted by Gasteiger charge is -2.06. The van der Waals surface area contributed by atoms with Crippen molar-refractivity contribution in [2.24, 2.45) is 0 Å². The molecule has 0 saturated carbocycles. The van der Waals surface area contributed by atoms with Crippen LogP contribution in [0.1, 0.15) is 11.3 Å². The van der Waals surface area contributed by atoms with E-state index in [1.54, 1.807) is 30.3 Å². The summed E-state index contributed by atoms with van der Waals surface area (Å²) in [4.78, 5) is 15.4. The van der Waals surface area contributed by atoms with Crippen molar-refractivity contribution >= 4 is 11.0 Å². The molecule has 0 saturated heterocycles. The summed E-state index contributed by atoms with van der Waals surface area (Å²) in [7, 11) is 0. The van der Waals surface area contributed by atoms with Gasteiger partial charge in [0.15, 0.2) is 0 Å². The molecule has 21 heavy (non-hydrogen) atoms. The molecule has 3 rings (SSSR count). The van der Waals surface area contributed by atoms with Crippen LogP contribution in [-0.2, 0) is 0 Å². The number of benzene rings is 1. The number of fused-ring (bicyclic) bond motifs is 1. The molecule has 0 bridgehead atoms. The first-order valence-electron chi connectivity index (χ1n) is 6.25. The molecule has 0 spiro atoms. The fraction of sp³-hybridized carbons (Fsp3) is 0.0625. The third-order valence-corrected chi connectivity index (χ3v) is 2.98. The molecule has 5 heteroatoms. The molecule has 0 N–H and O–H groups in total. The lowest BCUT2D eigenvalue weighted by molar-refractivity contribution is 0.461. The molecule has 2 aromatic heterocycles. The Morgan fingerprint density at radius 2 is 2.10 bits per heavy atom. The molecular formula is C16H10N2O3. The molecule has 0 amide bonds. The normalized spacial score (nSPS) is 10.3. The zero-order valence-electron chi connectivity index (χ0n) is 11.2. The molecule has 0 aliphatic rings. The molecule has 5 nitrogen and oxygen atoms in total. The Morgan fingerprint density at radius 3 is 2.90 bits per heavy atom. The van der Waals surface area contributed by atoms with E-state index >= 15 is 0 Å². The third-order valence-electron chi connectivity index (χ3n) is 2.98. The largest absolute Gasteiger partial charge is 0.439 e. The molecule has 0 aliphatic heterocycles. The van der Waals surface area contributed by atoms with Gasteiger partial charge >= 0.3 is 5.63 Å². The van der Waals surface area contributed by atoms with Gasteiger partial charge in [0.05, 0.1) is 0 Å². The van der Waals surface area contributed by atoms with Gasteiger partial charge < -0.3 is 9.15 Å². The fourth-order valence-corrected chi connectivity index (χ4v) is 2.02. The van der Waals surface area contributed by atoms with Crippen LogP contribution in [0.5, 0.6) is 11.6 Å². The van der Waals surface area contributed by atoms with E-state index in [1.807, 2.05) is 19.1 Å². The summed E-state index contributed by atoms with van der Waals surface area (Å²) in [5.41, 5.74) is 1.17. The first-order chi connectivity index (χ1) is 10.2. The van der Waals surface area contributed by atoms with Crippen LogP contribution in [0.15, 0.2) is 51.7 Å². The number of rotatable bonds is 2. The van der Waals surface area contributed by atoms with Crippen molar-refractivity contribution in [3.63, 3.8) is 0 Å². The van der Waals surface area contributed by atoms with E-state index in [9.17, 15) is 4.79 Å². The number of aryl methyl sites for hydroxylation is 1. The van der Waals surface area contributed by atoms with Crippen LogP contribution in [-0.4, -0.2) is 4.98 Å². The van der Waals surface area contributed by atoms with E-state index < -0.39 is 5.63 Å². The van der Waals surface area contributed by atoms with E-state index in [0.717, 1.165) is 10.9 Å². The fourth-order valence-electron chi connectivity index (χ4n) is 2.02. The Balaban J connectivity index is 2.01. The Bertz CT molecular complexity index is 923. The van der Waals surface area contributed by atoms with Gasteiger partial charge in [-0.05, 0) is 30.7 Å². The minimum Gasteiger partial charge on any atom is -0.439 e. The first-order valence-corrected chi connectivity index (χ1v) is 6.25. The molecule has 3 aromatic rings. The maximum Gasteiger partial charge on any atom is 0.336 e. The summed E-state index contributed by atoms with van der Waals surface area (Å²) in [6, 6.07) is 13.5. The summed E-state index contributed by atoms with van der Waals surface area (Å²) in [6.07, 6.45) is 0. The Hall–Kier alpha value is -3.13.